The van der Waals surface area contributed by atoms with Crippen molar-refractivity contribution >= 4 is 11.0 Å². The quantitative estimate of drug-likeness (QED) is 0.526. The molecule has 1 aromatic heterocycles. The van der Waals surface area contributed by atoms with Crippen molar-refractivity contribution in [1.29, 1.82) is 0 Å². The summed E-state index contributed by atoms with van der Waals surface area (Å²) in [7, 11) is 0. The number of hydrogen-bond donors (Lipinski definition) is 0. The average Bonchev–Trinajstić information content (AvgIpc) is 3.06. The van der Waals surface area contributed by atoms with Crippen LogP contribution >= 0.6 is 0 Å². The Morgan fingerprint density at radius 3 is 1.91 bits per heavy atom. The second-order valence-electron chi connectivity index (χ2n) is 4.51. The van der Waals surface area contributed by atoms with E-state index < -0.39 is 6.29 Å². The third kappa shape index (κ3) is 4.22. The third-order valence-electron chi connectivity index (χ3n) is 2.86. The van der Waals surface area contributed by atoms with Crippen LogP contribution in [-0.4, -0.2) is 6.29 Å². The summed E-state index contributed by atoms with van der Waals surface area (Å²) in [6.07, 6.45) is -3.50. The van der Waals surface area contributed by atoms with E-state index >= 15 is 0 Å². The van der Waals surface area contributed by atoms with Gasteiger partial charge in [0.2, 0.25) is 0 Å². The van der Waals surface area contributed by atoms with Gasteiger partial charge in [-0.1, -0.05) is 44.2 Å². The standard InChI is InChI=1S/C9H8O.C7H4F2O2.C2H6/c1-7-6-8-4-2-3-5-9(8)10-7;8-7(9)10-5-3-1-2-4-6(5)11-7;1-2/h2-6H,1H3;1-4H;1-2H3. The number of ether oxygens (including phenoxy) is 2. The molecule has 0 radical (unpaired) electrons. The largest absolute Gasteiger partial charge is 0.586 e. The van der Waals surface area contributed by atoms with E-state index in [2.05, 4.69) is 9.47 Å². The van der Waals surface area contributed by atoms with Gasteiger partial charge >= 0.3 is 6.29 Å². The lowest BCUT2D eigenvalue weighted by Crippen LogP contribution is -2.25. The molecule has 3 nitrogen and oxygen atoms in total. The van der Waals surface area contributed by atoms with Gasteiger partial charge in [0, 0.05) is 5.39 Å². The second kappa shape index (κ2) is 7.13. The van der Waals surface area contributed by atoms with Crippen LogP contribution in [0.3, 0.4) is 0 Å². The van der Waals surface area contributed by atoms with Crippen molar-refractivity contribution in [3.8, 4) is 11.5 Å². The van der Waals surface area contributed by atoms with Crippen molar-refractivity contribution in [3.05, 3.63) is 60.4 Å². The molecule has 2 aromatic carbocycles. The van der Waals surface area contributed by atoms with E-state index in [1.165, 1.54) is 17.5 Å². The van der Waals surface area contributed by atoms with Gasteiger partial charge in [0.05, 0.1) is 0 Å². The first-order chi connectivity index (χ1) is 11.0. The molecule has 0 amide bonds. The van der Waals surface area contributed by atoms with Crippen LogP contribution in [0, 0.1) is 6.92 Å². The number of fused-ring (bicyclic) bond motifs is 2. The van der Waals surface area contributed by atoms with Gasteiger partial charge in [0.1, 0.15) is 11.3 Å². The number of furan rings is 1. The lowest BCUT2D eigenvalue weighted by atomic mass is 10.2. The highest BCUT2D eigenvalue weighted by molar-refractivity contribution is 5.77. The normalized spacial score (nSPS) is 13.6. The fourth-order valence-corrected chi connectivity index (χ4v) is 2.01. The topological polar surface area (TPSA) is 31.6 Å². The minimum Gasteiger partial charge on any atom is -0.461 e. The average molecular weight is 320 g/mol. The van der Waals surface area contributed by atoms with Crippen LogP contribution in [0.15, 0.2) is 59.0 Å². The van der Waals surface area contributed by atoms with Gasteiger partial charge in [-0.2, -0.15) is 0 Å². The second-order valence-corrected chi connectivity index (χ2v) is 4.51. The molecule has 0 fully saturated rings. The number of rotatable bonds is 0. The lowest BCUT2D eigenvalue weighted by molar-refractivity contribution is -0.286. The molecule has 23 heavy (non-hydrogen) atoms. The van der Waals surface area contributed by atoms with Gasteiger partial charge in [-0.3, -0.25) is 0 Å². The van der Waals surface area contributed by atoms with E-state index in [1.54, 1.807) is 12.1 Å². The number of aryl methyl sites for hydroxylation is 1. The van der Waals surface area contributed by atoms with Gasteiger partial charge < -0.3 is 13.9 Å². The van der Waals surface area contributed by atoms with Gasteiger partial charge in [0.15, 0.2) is 11.5 Å². The molecule has 3 aromatic rings. The summed E-state index contributed by atoms with van der Waals surface area (Å²) < 4.78 is 38.2. The van der Waals surface area contributed by atoms with Crippen molar-refractivity contribution in [2.24, 2.45) is 0 Å². The molecule has 122 valence electrons. The first kappa shape index (κ1) is 16.8. The molecular weight excluding hydrogens is 302 g/mol. The Kier molecular flexibility index (Phi) is 5.21. The molecule has 0 atom stereocenters. The summed E-state index contributed by atoms with van der Waals surface area (Å²) in [6, 6.07) is 16.1. The van der Waals surface area contributed by atoms with Crippen molar-refractivity contribution in [2.75, 3.05) is 0 Å². The van der Waals surface area contributed by atoms with Crippen molar-refractivity contribution in [2.45, 2.75) is 27.1 Å². The smallest absolute Gasteiger partial charge is 0.461 e. The lowest BCUT2D eigenvalue weighted by Gasteiger charge is -2.04. The highest BCUT2D eigenvalue weighted by Gasteiger charge is 2.42. The summed E-state index contributed by atoms with van der Waals surface area (Å²) in [4.78, 5) is 0. The zero-order valence-corrected chi connectivity index (χ0v) is 13.2. The van der Waals surface area contributed by atoms with Crippen LogP contribution in [0.25, 0.3) is 11.0 Å². The molecule has 1 aliphatic rings. The Morgan fingerprint density at radius 1 is 0.826 bits per heavy atom. The minimum atomic E-state index is -3.50. The molecule has 0 aliphatic carbocycles. The van der Waals surface area contributed by atoms with E-state index in [0.717, 1.165) is 11.3 Å². The highest BCUT2D eigenvalue weighted by Crippen LogP contribution is 2.39. The summed E-state index contributed by atoms with van der Waals surface area (Å²) in [5.74, 6) is 1.14. The SMILES string of the molecule is CC.Cc1cc2ccccc2o1.FC1(F)Oc2ccccc2O1. The highest BCUT2D eigenvalue weighted by atomic mass is 19.3. The van der Waals surface area contributed by atoms with Crippen LogP contribution in [0.4, 0.5) is 8.78 Å². The maximum Gasteiger partial charge on any atom is 0.586 e. The monoisotopic (exact) mass is 320 g/mol. The van der Waals surface area contributed by atoms with Gasteiger partial charge in [0.25, 0.3) is 0 Å². The first-order valence-corrected chi connectivity index (χ1v) is 7.33. The van der Waals surface area contributed by atoms with E-state index in [-0.39, 0.29) is 11.5 Å². The van der Waals surface area contributed by atoms with Crippen molar-refractivity contribution < 1.29 is 22.7 Å². The maximum atomic E-state index is 12.3. The molecular formula is C18H18F2O3. The summed E-state index contributed by atoms with van der Waals surface area (Å²) >= 11 is 0. The fourth-order valence-electron chi connectivity index (χ4n) is 2.01. The zero-order chi connectivity index (χ0) is 16.9. The van der Waals surface area contributed by atoms with Gasteiger partial charge in [-0.15, -0.1) is 8.78 Å². The Balaban J connectivity index is 0.000000152. The Labute approximate surface area is 133 Å². The fraction of sp³-hybridized carbons (Fsp3) is 0.222. The number of alkyl halides is 2. The zero-order valence-electron chi connectivity index (χ0n) is 13.2. The third-order valence-corrected chi connectivity index (χ3v) is 2.86. The molecule has 5 heteroatoms. The Bertz CT molecular complexity index is 706. The molecule has 0 saturated carbocycles. The maximum absolute atomic E-state index is 12.3. The summed E-state index contributed by atoms with van der Waals surface area (Å²) in [6.45, 7) is 5.96. The van der Waals surface area contributed by atoms with Gasteiger partial charge in [-0.25, -0.2) is 0 Å². The molecule has 1 aliphatic heterocycles. The van der Waals surface area contributed by atoms with E-state index in [9.17, 15) is 8.78 Å². The van der Waals surface area contributed by atoms with Crippen molar-refractivity contribution in [1.82, 2.24) is 0 Å². The molecule has 0 saturated heterocycles. The molecule has 0 spiro atoms. The Hall–Kier alpha value is -2.56. The summed E-state index contributed by atoms with van der Waals surface area (Å²) in [5, 5.41) is 1.18. The molecule has 0 bridgehead atoms. The van der Waals surface area contributed by atoms with Crippen LogP contribution in [-0.2, 0) is 0 Å². The van der Waals surface area contributed by atoms with Crippen molar-refractivity contribution in [3.63, 3.8) is 0 Å². The predicted molar refractivity (Wildman–Crippen MR) is 84.9 cm³/mol. The molecule has 0 unspecified atom stereocenters. The summed E-state index contributed by atoms with van der Waals surface area (Å²) in [5.41, 5.74) is 0.972. The van der Waals surface area contributed by atoms with Crippen LogP contribution in [0.2, 0.25) is 0 Å². The number of halogens is 2. The molecule has 2 heterocycles. The van der Waals surface area contributed by atoms with Crippen LogP contribution in [0.5, 0.6) is 11.5 Å². The Morgan fingerprint density at radius 2 is 1.35 bits per heavy atom. The number of hydrogen-bond acceptors (Lipinski definition) is 3. The first-order valence-electron chi connectivity index (χ1n) is 7.33. The molecule has 4 rings (SSSR count). The van der Waals surface area contributed by atoms with E-state index in [0.29, 0.717) is 0 Å². The van der Waals surface area contributed by atoms with Gasteiger partial charge in [-0.05, 0) is 31.2 Å². The number of benzene rings is 2. The van der Waals surface area contributed by atoms with Crippen LogP contribution in [0.1, 0.15) is 19.6 Å². The molecule has 0 N–H and O–H groups in total. The van der Waals surface area contributed by atoms with E-state index in [1.807, 2.05) is 51.1 Å². The van der Waals surface area contributed by atoms with Crippen LogP contribution < -0.4 is 9.47 Å². The number of para-hydroxylation sites is 3. The predicted octanol–water partition coefficient (Wildman–Crippen LogP) is 5.78. The minimum absolute atomic E-state index is 0.0810. The van der Waals surface area contributed by atoms with E-state index in [4.69, 9.17) is 4.42 Å².